The van der Waals surface area contributed by atoms with Crippen molar-refractivity contribution in [3.63, 3.8) is 0 Å². The van der Waals surface area contributed by atoms with Gasteiger partial charge in [0.25, 0.3) is 5.56 Å². The van der Waals surface area contributed by atoms with E-state index in [1.54, 1.807) is 36.5 Å². The molecule has 0 spiro atoms. The number of H-pyrrole nitrogens is 1. The molecule has 0 atom stereocenters. The third-order valence-corrected chi connectivity index (χ3v) is 4.30. The van der Waals surface area contributed by atoms with Crippen molar-refractivity contribution in [3.05, 3.63) is 51.0 Å². The highest BCUT2D eigenvalue weighted by molar-refractivity contribution is 9.10. The molecule has 2 aromatic heterocycles. The van der Waals surface area contributed by atoms with Crippen LogP contribution in [0, 0.1) is 0 Å². The van der Waals surface area contributed by atoms with E-state index in [0.717, 1.165) is 10.0 Å². The highest BCUT2D eigenvalue weighted by Gasteiger charge is 2.23. The average molecular weight is 414 g/mol. The van der Waals surface area contributed by atoms with Gasteiger partial charge in [-0.15, -0.1) is 11.6 Å². The van der Waals surface area contributed by atoms with Gasteiger partial charge in [-0.3, -0.25) is 9.59 Å². The minimum Gasteiger partial charge on any atom is -0.346 e. The summed E-state index contributed by atoms with van der Waals surface area (Å²) in [5, 5.41) is 2.83. The first-order chi connectivity index (χ1) is 11.2. The number of carbonyl (C=O) groups excluding carboxylic acids is 1. The van der Waals surface area contributed by atoms with Gasteiger partial charge >= 0.3 is 0 Å². The van der Waals surface area contributed by atoms with Crippen LogP contribution < -0.4 is 15.8 Å². The number of pyridine rings is 2. The van der Waals surface area contributed by atoms with Gasteiger partial charge in [0.05, 0.1) is 5.54 Å². The van der Waals surface area contributed by atoms with Crippen LogP contribution in [0.4, 0.5) is 11.5 Å². The molecular weight excluding hydrogens is 396 g/mol. The lowest BCUT2D eigenvalue weighted by Gasteiger charge is -2.27. The van der Waals surface area contributed by atoms with E-state index in [2.05, 4.69) is 31.2 Å². The standard InChI is InChI=1S/C16H18BrClN4O2/c1-16(2,21-14(23)7-18)10-4-5-13(19-8-10)22(3)12-6-11(17)9-20-15(12)24/h4-6,8-9H,7H2,1-3H3,(H,20,24)(H,21,23). The number of halogens is 2. The smallest absolute Gasteiger partial charge is 0.271 e. The van der Waals surface area contributed by atoms with Crippen LogP contribution >= 0.6 is 27.5 Å². The number of hydrogen-bond donors (Lipinski definition) is 2. The number of amides is 1. The van der Waals surface area contributed by atoms with Crippen molar-refractivity contribution in [1.82, 2.24) is 15.3 Å². The molecule has 0 saturated carbocycles. The van der Waals surface area contributed by atoms with Crippen molar-refractivity contribution in [2.45, 2.75) is 19.4 Å². The second-order valence-corrected chi connectivity index (χ2v) is 6.99. The summed E-state index contributed by atoms with van der Waals surface area (Å²) in [4.78, 5) is 32.2. The van der Waals surface area contributed by atoms with E-state index in [4.69, 9.17) is 11.6 Å². The number of aromatic nitrogens is 2. The Morgan fingerprint density at radius 1 is 1.46 bits per heavy atom. The van der Waals surface area contributed by atoms with E-state index in [0.29, 0.717) is 11.5 Å². The van der Waals surface area contributed by atoms with E-state index in [-0.39, 0.29) is 17.3 Å². The quantitative estimate of drug-likeness (QED) is 0.739. The SMILES string of the molecule is CN(c1ccc(C(C)(C)NC(=O)CCl)cn1)c1cc(Br)c[nH]c1=O. The summed E-state index contributed by atoms with van der Waals surface area (Å²) in [7, 11) is 1.76. The Hall–Kier alpha value is -1.86. The van der Waals surface area contributed by atoms with E-state index >= 15 is 0 Å². The van der Waals surface area contributed by atoms with Crippen molar-refractivity contribution in [3.8, 4) is 0 Å². The van der Waals surface area contributed by atoms with Crippen LogP contribution in [0.25, 0.3) is 0 Å². The molecule has 0 bridgehead atoms. The maximum Gasteiger partial charge on any atom is 0.271 e. The van der Waals surface area contributed by atoms with Gasteiger partial charge in [0.15, 0.2) is 0 Å². The van der Waals surface area contributed by atoms with Crippen LogP contribution in [0.5, 0.6) is 0 Å². The molecule has 1 amide bonds. The van der Waals surface area contributed by atoms with Crippen LogP contribution in [-0.2, 0) is 10.3 Å². The molecule has 0 unspecified atom stereocenters. The number of anilines is 2. The summed E-state index contributed by atoms with van der Waals surface area (Å²) in [6.07, 6.45) is 3.25. The van der Waals surface area contributed by atoms with E-state index in [1.807, 2.05) is 19.9 Å². The number of hydrogen-bond acceptors (Lipinski definition) is 4. The molecule has 2 N–H and O–H groups in total. The lowest BCUT2D eigenvalue weighted by molar-refractivity contribution is -0.120. The molecule has 0 aliphatic carbocycles. The number of nitrogens with one attached hydrogen (secondary N) is 2. The molecule has 128 valence electrons. The summed E-state index contributed by atoms with van der Waals surface area (Å²) in [6.45, 7) is 3.74. The van der Waals surface area contributed by atoms with Gasteiger partial charge in [-0.2, -0.15) is 0 Å². The van der Waals surface area contributed by atoms with E-state index in [1.165, 1.54) is 0 Å². The van der Waals surface area contributed by atoms with Gasteiger partial charge in [-0.05, 0) is 47.5 Å². The highest BCUT2D eigenvalue weighted by Crippen LogP contribution is 2.24. The Balaban J connectivity index is 2.27. The number of alkyl halides is 1. The first kappa shape index (κ1) is 18.5. The zero-order chi connectivity index (χ0) is 17.9. The lowest BCUT2D eigenvalue weighted by atomic mass is 9.96. The molecule has 0 saturated heterocycles. The monoisotopic (exact) mass is 412 g/mol. The second-order valence-electron chi connectivity index (χ2n) is 5.80. The first-order valence-corrected chi connectivity index (χ1v) is 8.53. The normalized spacial score (nSPS) is 11.2. The van der Waals surface area contributed by atoms with Crippen molar-refractivity contribution in [2.75, 3.05) is 17.8 Å². The summed E-state index contributed by atoms with van der Waals surface area (Å²) in [6, 6.07) is 5.38. The van der Waals surface area contributed by atoms with Crippen molar-refractivity contribution in [1.29, 1.82) is 0 Å². The number of carbonyl (C=O) groups is 1. The summed E-state index contributed by atoms with van der Waals surface area (Å²) in [5.74, 6) is 0.272. The van der Waals surface area contributed by atoms with Gasteiger partial charge in [0.1, 0.15) is 17.4 Å². The fraction of sp³-hybridized carbons (Fsp3) is 0.312. The third kappa shape index (κ3) is 4.15. The predicted octanol–water partition coefficient (Wildman–Crippen LogP) is 2.89. The van der Waals surface area contributed by atoms with Gasteiger partial charge in [0, 0.05) is 23.9 Å². The fourth-order valence-corrected chi connectivity index (χ4v) is 2.63. The molecule has 0 aliphatic rings. The molecule has 24 heavy (non-hydrogen) atoms. The highest BCUT2D eigenvalue weighted by atomic mass is 79.9. The molecule has 6 nitrogen and oxygen atoms in total. The topological polar surface area (TPSA) is 78.1 Å². The van der Waals surface area contributed by atoms with E-state index in [9.17, 15) is 9.59 Å². The lowest BCUT2D eigenvalue weighted by Crippen LogP contribution is -2.41. The average Bonchev–Trinajstić information content (AvgIpc) is 2.56. The zero-order valence-electron chi connectivity index (χ0n) is 13.6. The Kier molecular flexibility index (Phi) is 5.66. The predicted molar refractivity (Wildman–Crippen MR) is 99.0 cm³/mol. The Bertz CT molecular complexity index is 789. The van der Waals surface area contributed by atoms with Crippen LogP contribution in [0.15, 0.2) is 39.9 Å². The van der Waals surface area contributed by atoms with Crippen LogP contribution in [-0.4, -0.2) is 28.8 Å². The van der Waals surface area contributed by atoms with Crippen LogP contribution in [0.2, 0.25) is 0 Å². The summed E-state index contributed by atoms with van der Waals surface area (Å²) in [5.41, 5.74) is 0.505. The molecule has 0 fully saturated rings. The molecule has 8 heteroatoms. The molecule has 2 rings (SSSR count). The van der Waals surface area contributed by atoms with Gasteiger partial charge < -0.3 is 15.2 Å². The molecule has 0 aromatic carbocycles. The van der Waals surface area contributed by atoms with Crippen molar-refractivity contribution in [2.24, 2.45) is 0 Å². The fourth-order valence-electron chi connectivity index (χ4n) is 2.23. The summed E-state index contributed by atoms with van der Waals surface area (Å²) >= 11 is 8.87. The Morgan fingerprint density at radius 3 is 2.75 bits per heavy atom. The van der Waals surface area contributed by atoms with Gasteiger partial charge in [-0.25, -0.2) is 4.98 Å². The number of rotatable bonds is 5. The number of nitrogens with zero attached hydrogens (tertiary/aromatic N) is 2. The number of aromatic amines is 1. The summed E-state index contributed by atoms with van der Waals surface area (Å²) < 4.78 is 0.769. The Morgan fingerprint density at radius 2 is 2.17 bits per heavy atom. The van der Waals surface area contributed by atoms with Crippen molar-refractivity contribution < 1.29 is 4.79 Å². The van der Waals surface area contributed by atoms with E-state index < -0.39 is 5.54 Å². The van der Waals surface area contributed by atoms with Crippen LogP contribution in [0.1, 0.15) is 19.4 Å². The molecular formula is C16H18BrClN4O2. The molecule has 2 heterocycles. The van der Waals surface area contributed by atoms with Crippen LogP contribution in [0.3, 0.4) is 0 Å². The second kappa shape index (κ2) is 7.36. The molecule has 0 aliphatic heterocycles. The van der Waals surface area contributed by atoms with Gasteiger partial charge in [-0.1, -0.05) is 6.07 Å². The minimum atomic E-state index is -0.594. The van der Waals surface area contributed by atoms with Crippen molar-refractivity contribution >= 4 is 44.9 Å². The molecule has 2 aromatic rings. The zero-order valence-corrected chi connectivity index (χ0v) is 15.9. The minimum absolute atomic E-state index is 0.0939. The van der Waals surface area contributed by atoms with Gasteiger partial charge in [0.2, 0.25) is 5.91 Å². The third-order valence-electron chi connectivity index (χ3n) is 3.60. The largest absolute Gasteiger partial charge is 0.346 e. The molecule has 0 radical (unpaired) electrons. The first-order valence-electron chi connectivity index (χ1n) is 7.20. The maximum atomic E-state index is 12.0. The Labute approximate surface area is 153 Å². The maximum absolute atomic E-state index is 12.0.